The van der Waals surface area contributed by atoms with Crippen LogP contribution in [-0.4, -0.2) is 16.2 Å². The molecule has 0 radical (unpaired) electrons. The van der Waals surface area contributed by atoms with E-state index in [1.54, 1.807) is 17.7 Å². The summed E-state index contributed by atoms with van der Waals surface area (Å²) >= 11 is 1.68. The lowest BCUT2D eigenvalue weighted by Gasteiger charge is -2.02. The summed E-state index contributed by atoms with van der Waals surface area (Å²) in [5.41, 5.74) is 6.54. The van der Waals surface area contributed by atoms with Gasteiger partial charge < -0.3 is 0 Å². The molecule has 1 N–H and O–H groups in total. The smallest absolute Gasteiger partial charge is 0.158 e. The fourth-order valence-corrected chi connectivity index (χ4v) is 3.16. The molecule has 2 heterocycles. The van der Waals surface area contributed by atoms with Gasteiger partial charge in [-0.3, -0.25) is 5.43 Å². The summed E-state index contributed by atoms with van der Waals surface area (Å²) in [5, 5.41) is 5.37. The summed E-state index contributed by atoms with van der Waals surface area (Å²) < 4.78 is 0. The van der Waals surface area contributed by atoms with Crippen molar-refractivity contribution in [2.45, 2.75) is 20.8 Å². The largest absolute Gasteiger partial charge is 0.261 e. The molecule has 2 aromatic heterocycles. The SMILES string of the molecule is Cc1ccccc1C=NNc1ncnc2sc(C)c(C)c12. The number of nitrogens with one attached hydrogen (secondary N) is 1. The first kappa shape index (κ1) is 13.7. The Hall–Kier alpha value is -2.27. The Morgan fingerprint density at radius 1 is 1.14 bits per heavy atom. The van der Waals surface area contributed by atoms with Gasteiger partial charge in [-0.2, -0.15) is 5.10 Å². The van der Waals surface area contributed by atoms with Crippen LogP contribution in [0.3, 0.4) is 0 Å². The highest BCUT2D eigenvalue weighted by molar-refractivity contribution is 7.18. The molecule has 0 bridgehead atoms. The van der Waals surface area contributed by atoms with Crippen molar-refractivity contribution in [3.63, 3.8) is 0 Å². The molecule has 106 valence electrons. The van der Waals surface area contributed by atoms with Gasteiger partial charge in [0.15, 0.2) is 5.82 Å². The van der Waals surface area contributed by atoms with Gasteiger partial charge in [-0.15, -0.1) is 11.3 Å². The van der Waals surface area contributed by atoms with Crippen LogP contribution in [0.25, 0.3) is 10.2 Å². The van der Waals surface area contributed by atoms with Gasteiger partial charge in [0.2, 0.25) is 0 Å². The molecule has 0 fully saturated rings. The summed E-state index contributed by atoms with van der Waals surface area (Å²) in [5.74, 6) is 0.756. The molecule has 3 rings (SSSR count). The number of fused-ring (bicyclic) bond motifs is 1. The first-order valence-electron chi connectivity index (χ1n) is 6.72. The lowest BCUT2D eigenvalue weighted by molar-refractivity contribution is 1.19. The van der Waals surface area contributed by atoms with E-state index >= 15 is 0 Å². The third-order valence-corrected chi connectivity index (χ3v) is 4.64. The second-order valence-corrected chi connectivity index (χ2v) is 6.12. The highest BCUT2D eigenvalue weighted by Crippen LogP contribution is 2.32. The molecule has 21 heavy (non-hydrogen) atoms. The summed E-state index contributed by atoms with van der Waals surface area (Å²) in [7, 11) is 0. The fraction of sp³-hybridized carbons (Fsp3) is 0.188. The van der Waals surface area contributed by atoms with Crippen molar-refractivity contribution in [1.82, 2.24) is 9.97 Å². The molecule has 0 amide bonds. The van der Waals surface area contributed by atoms with Crippen molar-refractivity contribution in [2.75, 3.05) is 5.43 Å². The van der Waals surface area contributed by atoms with Gasteiger partial charge in [-0.1, -0.05) is 24.3 Å². The Kier molecular flexibility index (Phi) is 3.66. The third kappa shape index (κ3) is 2.64. The fourth-order valence-electron chi connectivity index (χ4n) is 2.16. The Labute approximate surface area is 127 Å². The standard InChI is InChI=1S/C16H16N4S/c1-10-6-4-5-7-13(10)8-19-20-15-14-11(2)12(3)21-16(14)18-9-17-15/h4-9H,1-3H3,(H,17,18,20). The number of hydrogen-bond donors (Lipinski definition) is 1. The number of nitrogens with zero attached hydrogens (tertiary/aromatic N) is 3. The molecule has 0 saturated heterocycles. The van der Waals surface area contributed by atoms with Crippen LogP contribution in [0.15, 0.2) is 35.7 Å². The highest BCUT2D eigenvalue weighted by atomic mass is 32.1. The van der Waals surface area contributed by atoms with E-state index in [1.807, 2.05) is 24.4 Å². The monoisotopic (exact) mass is 296 g/mol. The summed E-state index contributed by atoms with van der Waals surface area (Å²) in [6.45, 7) is 6.26. The zero-order valence-corrected chi connectivity index (χ0v) is 13.0. The van der Waals surface area contributed by atoms with E-state index in [0.717, 1.165) is 21.6 Å². The van der Waals surface area contributed by atoms with Gasteiger partial charge in [0.05, 0.1) is 11.6 Å². The minimum Gasteiger partial charge on any atom is -0.261 e. The average Bonchev–Trinajstić information content (AvgIpc) is 2.77. The molecule has 0 aliphatic carbocycles. The van der Waals surface area contributed by atoms with E-state index in [0.29, 0.717) is 0 Å². The normalized spacial score (nSPS) is 11.4. The van der Waals surface area contributed by atoms with E-state index in [4.69, 9.17) is 0 Å². The maximum atomic E-state index is 4.32. The zero-order valence-electron chi connectivity index (χ0n) is 12.2. The van der Waals surface area contributed by atoms with Crippen molar-refractivity contribution in [2.24, 2.45) is 5.10 Å². The molecule has 0 saturated carbocycles. The van der Waals surface area contributed by atoms with E-state index in [-0.39, 0.29) is 0 Å². The number of rotatable bonds is 3. The Morgan fingerprint density at radius 2 is 1.95 bits per heavy atom. The van der Waals surface area contributed by atoms with E-state index in [2.05, 4.69) is 47.3 Å². The van der Waals surface area contributed by atoms with Crippen LogP contribution in [-0.2, 0) is 0 Å². The van der Waals surface area contributed by atoms with Gasteiger partial charge in [-0.05, 0) is 37.5 Å². The summed E-state index contributed by atoms with van der Waals surface area (Å²) in [6.07, 6.45) is 3.39. The number of benzene rings is 1. The maximum absolute atomic E-state index is 4.32. The minimum atomic E-state index is 0.756. The van der Waals surface area contributed by atoms with Crippen molar-refractivity contribution in [3.05, 3.63) is 52.2 Å². The first-order chi connectivity index (χ1) is 10.2. The number of anilines is 1. The number of hydrogen-bond acceptors (Lipinski definition) is 5. The third-order valence-electron chi connectivity index (χ3n) is 3.53. The minimum absolute atomic E-state index is 0.756. The predicted octanol–water partition coefficient (Wildman–Crippen LogP) is 4.06. The molecule has 0 unspecified atom stereocenters. The second kappa shape index (κ2) is 5.61. The highest BCUT2D eigenvalue weighted by Gasteiger charge is 2.11. The molecular weight excluding hydrogens is 280 g/mol. The lowest BCUT2D eigenvalue weighted by Crippen LogP contribution is -1.96. The van der Waals surface area contributed by atoms with Crippen LogP contribution in [0.4, 0.5) is 5.82 Å². The molecule has 5 heteroatoms. The van der Waals surface area contributed by atoms with Crippen LogP contribution in [0, 0.1) is 20.8 Å². The van der Waals surface area contributed by atoms with Crippen LogP contribution >= 0.6 is 11.3 Å². The van der Waals surface area contributed by atoms with Crippen molar-refractivity contribution < 1.29 is 0 Å². The Balaban J connectivity index is 1.91. The van der Waals surface area contributed by atoms with Crippen LogP contribution in [0.2, 0.25) is 0 Å². The summed E-state index contributed by atoms with van der Waals surface area (Å²) in [6, 6.07) is 8.13. The number of hydrazone groups is 1. The Bertz CT molecular complexity index is 820. The van der Waals surface area contributed by atoms with E-state index in [1.165, 1.54) is 16.0 Å². The zero-order chi connectivity index (χ0) is 14.8. The number of aryl methyl sites for hydroxylation is 3. The van der Waals surface area contributed by atoms with E-state index in [9.17, 15) is 0 Å². The molecule has 4 nitrogen and oxygen atoms in total. The lowest BCUT2D eigenvalue weighted by atomic mass is 10.1. The molecule has 0 spiro atoms. The molecular formula is C16H16N4S. The van der Waals surface area contributed by atoms with Gasteiger partial charge in [0, 0.05) is 4.88 Å². The molecule has 3 aromatic rings. The number of aromatic nitrogens is 2. The maximum Gasteiger partial charge on any atom is 0.158 e. The van der Waals surface area contributed by atoms with Crippen molar-refractivity contribution >= 4 is 33.6 Å². The van der Waals surface area contributed by atoms with Gasteiger partial charge in [0.25, 0.3) is 0 Å². The van der Waals surface area contributed by atoms with Crippen LogP contribution in [0.1, 0.15) is 21.6 Å². The average molecular weight is 296 g/mol. The molecule has 0 aliphatic heterocycles. The van der Waals surface area contributed by atoms with Crippen LogP contribution in [0.5, 0.6) is 0 Å². The first-order valence-corrected chi connectivity index (χ1v) is 7.54. The van der Waals surface area contributed by atoms with Crippen molar-refractivity contribution in [3.8, 4) is 0 Å². The van der Waals surface area contributed by atoms with E-state index < -0.39 is 0 Å². The van der Waals surface area contributed by atoms with Gasteiger partial charge in [0.1, 0.15) is 11.2 Å². The predicted molar refractivity (Wildman–Crippen MR) is 89.3 cm³/mol. The summed E-state index contributed by atoms with van der Waals surface area (Å²) in [4.78, 5) is 10.9. The molecule has 1 aromatic carbocycles. The quantitative estimate of drug-likeness (QED) is 0.585. The molecule has 0 atom stereocenters. The van der Waals surface area contributed by atoms with Crippen LogP contribution < -0.4 is 5.43 Å². The molecule has 0 aliphatic rings. The van der Waals surface area contributed by atoms with Gasteiger partial charge in [-0.25, -0.2) is 9.97 Å². The second-order valence-electron chi connectivity index (χ2n) is 4.91. The topological polar surface area (TPSA) is 50.2 Å². The van der Waals surface area contributed by atoms with Gasteiger partial charge >= 0.3 is 0 Å². The number of thiophene rings is 1. The van der Waals surface area contributed by atoms with Crippen molar-refractivity contribution in [1.29, 1.82) is 0 Å². The Morgan fingerprint density at radius 3 is 2.76 bits per heavy atom.